The van der Waals surface area contributed by atoms with Crippen LogP contribution in [0.15, 0.2) is 106 Å². The summed E-state index contributed by atoms with van der Waals surface area (Å²) in [5.41, 5.74) is 1.79. The Labute approximate surface area is 734 Å². The monoisotopic (exact) mass is 1870 g/mol. The molecule has 13 rings (SSSR count). The Bertz CT molecular complexity index is 3670. The van der Waals surface area contributed by atoms with Crippen molar-refractivity contribution in [3.63, 3.8) is 0 Å². The molecule has 0 radical (unpaired) electrons. The molecule has 644 valence electrons. The normalized spacial score (nSPS) is 22.2. The SMILES string of the molecule is Brc1ccc(I)cc1.CC(C)(C)OC(=O)C1CCN(c2ccc(B3OC(C)(C)C(C)(C)O3)cc2)CC1.CC(C)(C)OC(=O)C1CCN(c2ccc(Br)cc2)CC1.CC(C)(C)OC(=O)C1CCNCC1.CC1(C)OB(B2OC(C)(C)C(C)(C)O2)OC1(C)C.CC1(C)OB(c2ccc(N3CCC(C(=O)N4CCCC4)CC3)cc2)OC1(C)C.Cl. The van der Waals surface area contributed by atoms with E-state index in [4.69, 9.17) is 51.4 Å². The topological polar surface area (TPSA) is 195 Å². The van der Waals surface area contributed by atoms with Gasteiger partial charge in [-0.25, -0.2) is 0 Å². The summed E-state index contributed by atoms with van der Waals surface area (Å²) in [6, 6.07) is 33.4. The average molecular weight is 1870 g/mol. The summed E-state index contributed by atoms with van der Waals surface area (Å²) in [5, 5.41) is 3.22. The summed E-state index contributed by atoms with van der Waals surface area (Å²) < 4.78 is 68.2. The second-order valence-corrected chi connectivity index (χ2v) is 42.0. The molecule has 4 aromatic rings. The molecule has 0 atom stereocenters. The van der Waals surface area contributed by atoms with Crippen LogP contribution in [-0.4, -0.2) is 184 Å². The minimum atomic E-state index is -0.476. The third kappa shape index (κ3) is 28.0. The summed E-state index contributed by atoms with van der Waals surface area (Å²) in [6.07, 6.45) is 9.45. The first kappa shape index (κ1) is 99.1. The van der Waals surface area contributed by atoms with Crippen LogP contribution in [0, 0.1) is 27.2 Å². The van der Waals surface area contributed by atoms with E-state index < -0.39 is 19.6 Å². The van der Waals surface area contributed by atoms with Gasteiger partial charge in [-0.1, -0.05) is 56.1 Å². The number of amides is 1. The predicted molar refractivity (Wildman–Crippen MR) is 488 cm³/mol. The summed E-state index contributed by atoms with van der Waals surface area (Å²) >= 11 is 9.06. The largest absolute Gasteiger partial charge is 0.494 e. The number of carbonyl (C=O) groups excluding carboxylic acids is 4. The van der Waals surface area contributed by atoms with Crippen molar-refractivity contribution in [2.75, 3.05) is 80.1 Å². The van der Waals surface area contributed by atoms with E-state index in [1.165, 1.54) is 33.5 Å². The molecule has 4 aromatic carbocycles. The number of carbonyl (C=O) groups is 4. The zero-order valence-corrected chi connectivity index (χ0v) is 80.6. The van der Waals surface area contributed by atoms with Crippen molar-refractivity contribution in [3.8, 4) is 0 Å². The van der Waals surface area contributed by atoms with Gasteiger partial charge in [0.15, 0.2) is 0 Å². The standard InChI is InChI=1S/C22H33BN2O3.C22H34BNO4.C16H22BrNO2.C12H24B2O4.C10H19NO2.C6H4BrI.ClH/c1-21(2)22(3,4)28-23(27-21)18-7-9-19(10-8-18)24-15-11-17(12-16-24)20(26)25-13-5-6-14-25;1-20(2,3)26-19(25)16-12-14-24(15-13-16)18-10-8-17(9-11-18)23-27-21(4,5)22(6,7)28-23;1-16(2,3)20-15(19)12-8-10-18(11-9-12)14-6-4-13(17)5-7-14;1-9(2)10(3,4)16-13(15-9)14-17-11(5,6)12(7,8)18-14;1-10(2,3)13-9(12)8-4-6-11-7-5-8;7-5-1-3-6(8)4-2-5;/h7-10,17H,5-6,11-16H2,1-4H3;8-11,16H,12-15H2,1-7H3;4-7,12H,8-11H2,1-3H3;1-8H3;8,11H,4-7H2,1-3H3;1-4H;1H. The van der Waals surface area contributed by atoms with Gasteiger partial charge in [-0.2, -0.15) is 0 Å². The molecule has 1 amide bonds. The fourth-order valence-corrected chi connectivity index (χ4v) is 15.2. The lowest BCUT2D eigenvalue weighted by Crippen LogP contribution is -2.41. The molecule has 1 N–H and O–H groups in total. The van der Waals surface area contributed by atoms with Gasteiger partial charge in [-0.05, 0) is 357 Å². The van der Waals surface area contributed by atoms with Gasteiger partial charge < -0.3 is 76.4 Å². The Kier molecular flexibility index (Phi) is 34.7. The van der Waals surface area contributed by atoms with Crippen molar-refractivity contribution < 1.29 is 70.6 Å². The Balaban J connectivity index is 0.000000199. The molecule has 0 saturated carbocycles. The molecule has 28 heteroatoms. The molecule has 0 bridgehead atoms. The number of nitrogens with zero attached hydrogens (tertiary/aromatic N) is 4. The van der Waals surface area contributed by atoms with Crippen molar-refractivity contribution in [2.45, 2.75) is 299 Å². The molecule has 9 aliphatic heterocycles. The van der Waals surface area contributed by atoms with Crippen LogP contribution in [0.4, 0.5) is 17.1 Å². The molecule has 0 aliphatic carbocycles. The number of ether oxygens (including phenoxy) is 3. The van der Waals surface area contributed by atoms with Crippen LogP contribution in [0.5, 0.6) is 0 Å². The van der Waals surface area contributed by atoms with E-state index in [0.29, 0.717) is 5.91 Å². The molecule has 0 aromatic heterocycles. The molecule has 9 aliphatic rings. The van der Waals surface area contributed by atoms with E-state index >= 15 is 0 Å². The van der Waals surface area contributed by atoms with Crippen molar-refractivity contribution in [1.82, 2.24) is 10.2 Å². The van der Waals surface area contributed by atoms with E-state index in [1.54, 1.807) is 0 Å². The van der Waals surface area contributed by atoms with E-state index in [-0.39, 0.29) is 124 Å². The predicted octanol–water partition coefficient (Wildman–Crippen LogP) is 17.4. The molecule has 20 nitrogen and oxygen atoms in total. The Morgan fingerprint density at radius 2 is 0.612 bits per heavy atom. The maximum Gasteiger partial charge on any atom is 0.494 e. The second-order valence-electron chi connectivity index (χ2n) is 39.0. The highest BCUT2D eigenvalue weighted by Gasteiger charge is 2.64. The number of hydrogen-bond donors (Lipinski definition) is 1. The zero-order chi connectivity index (χ0) is 85.3. The number of rotatable bonds is 10. The number of benzene rings is 4. The Hall–Kier alpha value is -3.96. The zero-order valence-electron chi connectivity index (χ0n) is 74.5. The number of likely N-dealkylation sites (tertiary alicyclic amines) is 1. The van der Waals surface area contributed by atoms with Gasteiger partial charge in [-0.15, -0.1) is 12.4 Å². The van der Waals surface area contributed by atoms with Gasteiger partial charge in [0, 0.05) is 87.9 Å². The van der Waals surface area contributed by atoms with Gasteiger partial charge in [0.1, 0.15) is 16.8 Å². The van der Waals surface area contributed by atoms with Gasteiger partial charge in [0.05, 0.1) is 62.6 Å². The Morgan fingerprint density at radius 1 is 0.371 bits per heavy atom. The third-order valence-electron chi connectivity index (χ3n) is 24.1. The average Bonchev–Trinajstić information content (AvgIpc) is 1.60. The van der Waals surface area contributed by atoms with Crippen molar-refractivity contribution in [2.24, 2.45) is 23.7 Å². The smallest absolute Gasteiger partial charge is 0.460 e. The fourth-order valence-electron chi connectivity index (χ4n) is 14.3. The van der Waals surface area contributed by atoms with E-state index in [0.717, 1.165) is 137 Å². The Morgan fingerprint density at radius 3 is 0.879 bits per heavy atom. The fraction of sp³-hybridized carbons (Fsp3) is 0.682. The first-order valence-electron chi connectivity index (χ1n) is 41.9. The lowest BCUT2D eigenvalue weighted by molar-refractivity contribution is -0.161. The molecule has 9 heterocycles. The molecule has 0 unspecified atom stereocenters. The maximum absolute atomic E-state index is 12.6. The minimum absolute atomic E-state index is 0. The van der Waals surface area contributed by atoms with Gasteiger partial charge in [0.2, 0.25) is 5.91 Å². The van der Waals surface area contributed by atoms with Crippen LogP contribution in [0.2, 0.25) is 0 Å². The number of esters is 3. The van der Waals surface area contributed by atoms with Crippen molar-refractivity contribution >= 4 is 147 Å². The quantitative estimate of drug-likeness (QED) is 0.0681. The first-order chi connectivity index (χ1) is 53.2. The van der Waals surface area contributed by atoms with Crippen molar-refractivity contribution in [3.05, 3.63) is 110 Å². The number of piperidine rings is 4. The van der Waals surface area contributed by atoms with Crippen LogP contribution >= 0.6 is 66.9 Å². The highest BCUT2D eigenvalue weighted by atomic mass is 127. The lowest BCUT2D eigenvalue weighted by Gasteiger charge is -2.34. The van der Waals surface area contributed by atoms with E-state index in [1.807, 2.05) is 130 Å². The second kappa shape index (κ2) is 40.6. The van der Waals surface area contributed by atoms with Gasteiger partial charge in [0.25, 0.3) is 0 Å². The molecule has 9 fully saturated rings. The number of halogens is 4. The summed E-state index contributed by atoms with van der Waals surface area (Å²) in [5.74, 6) is 0.595. The van der Waals surface area contributed by atoms with Crippen LogP contribution < -0.4 is 30.9 Å². The maximum atomic E-state index is 12.6. The number of nitrogens with one attached hydrogen (secondary N) is 1. The van der Waals surface area contributed by atoms with Gasteiger partial charge >= 0.3 is 46.2 Å². The van der Waals surface area contributed by atoms with Crippen LogP contribution in [0.25, 0.3) is 0 Å². The van der Waals surface area contributed by atoms with E-state index in [9.17, 15) is 19.2 Å². The third-order valence-corrected chi connectivity index (χ3v) is 25.9. The van der Waals surface area contributed by atoms with E-state index in [2.05, 4.69) is 220 Å². The highest BCUT2D eigenvalue weighted by Crippen LogP contribution is 2.44. The first-order valence-corrected chi connectivity index (χ1v) is 44.5. The lowest BCUT2D eigenvalue weighted by atomic mass is 9.49. The minimum Gasteiger partial charge on any atom is -0.460 e. The summed E-state index contributed by atoms with van der Waals surface area (Å²) in [6.45, 7) is 59.2. The summed E-state index contributed by atoms with van der Waals surface area (Å²) in [4.78, 5) is 57.6. The number of anilines is 3. The van der Waals surface area contributed by atoms with Crippen LogP contribution in [-0.2, 0) is 70.6 Å². The summed E-state index contributed by atoms with van der Waals surface area (Å²) in [7, 11) is -1.60. The highest BCUT2D eigenvalue weighted by molar-refractivity contribution is 14.1. The van der Waals surface area contributed by atoms with Gasteiger partial charge in [-0.3, -0.25) is 19.2 Å². The van der Waals surface area contributed by atoms with Crippen LogP contribution in [0.1, 0.15) is 237 Å². The molecule has 9 saturated heterocycles. The number of hydrogen-bond acceptors (Lipinski definition) is 19. The van der Waals surface area contributed by atoms with Crippen molar-refractivity contribution in [1.29, 1.82) is 0 Å². The van der Waals surface area contributed by atoms with Crippen LogP contribution in [0.3, 0.4) is 0 Å². The molecular weight excluding hydrogens is 1730 g/mol. The molecular formula is C88H137B4Br2ClIN5O15. The molecule has 0 spiro atoms. The molecule has 116 heavy (non-hydrogen) atoms.